The largest absolute Gasteiger partial charge is 0.492 e. The Kier molecular flexibility index (Phi) is 5.89. The molecule has 108 valence electrons. The van der Waals surface area contributed by atoms with E-state index >= 15 is 0 Å². The molecule has 0 fully saturated rings. The fourth-order valence-electron chi connectivity index (χ4n) is 1.87. The monoisotopic (exact) mass is 293 g/mol. The standard InChI is InChI=1S/C15H20ClN3O/c1-2-6-17-10-13-4-3-5-15(9-13)20-8-7-19-12-14(16)11-18-19/h3-5,9,11-12,17H,2,6-8,10H2,1H3. The van der Waals surface area contributed by atoms with Gasteiger partial charge in [0, 0.05) is 12.7 Å². The van der Waals surface area contributed by atoms with Gasteiger partial charge in [-0.25, -0.2) is 0 Å². The zero-order valence-electron chi connectivity index (χ0n) is 11.7. The van der Waals surface area contributed by atoms with E-state index in [-0.39, 0.29) is 0 Å². The second kappa shape index (κ2) is 7.92. The summed E-state index contributed by atoms with van der Waals surface area (Å²) in [6.45, 7) is 5.33. The molecule has 0 bridgehead atoms. The van der Waals surface area contributed by atoms with E-state index in [0.29, 0.717) is 18.2 Å². The number of benzene rings is 1. The van der Waals surface area contributed by atoms with Crippen molar-refractivity contribution in [1.29, 1.82) is 0 Å². The van der Waals surface area contributed by atoms with Gasteiger partial charge in [-0.05, 0) is 30.7 Å². The minimum atomic E-state index is 0.573. The van der Waals surface area contributed by atoms with Crippen LogP contribution in [0.3, 0.4) is 0 Å². The van der Waals surface area contributed by atoms with Crippen molar-refractivity contribution in [2.24, 2.45) is 0 Å². The number of nitrogens with one attached hydrogen (secondary N) is 1. The highest BCUT2D eigenvalue weighted by Crippen LogP contribution is 2.13. The molecule has 1 heterocycles. The Morgan fingerprint density at radius 1 is 1.40 bits per heavy atom. The highest BCUT2D eigenvalue weighted by atomic mass is 35.5. The first-order valence-electron chi connectivity index (χ1n) is 6.88. The Balaban J connectivity index is 1.78. The van der Waals surface area contributed by atoms with Crippen LogP contribution in [0.2, 0.25) is 5.02 Å². The van der Waals surface area contributed by atoms with Crippen molar-refractivity contribution in [3.63, 3.8) is 0 Å². The zero-order valence-corrected chi connectivity index (χ0v) is 12.4. The Morgan fingerprint density at radius 3 is 3.05 bits per heavy atom. The van der Waals surface area contributed by atoms with Crippen molar-refractivity contribution in [2.75, 3.05) is 13.2 Å². The molecule has 0 aliphatic heterocycles. The van der Waals surface area contributed by atoms with Gasteiger partial charge < -0.3 is 10.1 Å². The lowest BCUT2D eigenvalue weighted by Crippen LogP contribution is -2.14. The van der Waals surface area contributed by atoms with Crippen molar-refractivity contribution in [1.82, 2.24) is 15.1 Å². The Bertz CT molecular complexity index is 527. The summed E-state index contributed by atoms with van der Waals surface area (Å²) in [4.78, 5) is 0. The number of hydrogen-bond acceptors (Lipinski definition) is 3. The molecule has 1 N–H and O–H groups in total. The third-order valence-corrected chi connectivity index (χ3v) is 3.04. The summed E-state index contributed by atoms with van der Waals surface area (Å²) >= 11 is 5.81. The first-order chi connectivity index (χ1) is 9.78. The Morgan fingerprint density at radius 2 is 2.30 bits per heavy atom. The minimum Gasteiger partial charge on any atom is -0.492 e. The van der Waals surface area contributed by atoms with Gasteiger partial charge in [0.05, 0.1) is 17.8 Å². The quantitative estimate of drug-likeness (QED) is 0.760. The predicted octanol–water partition coefficient (Wildman–Crippen LogP) is 3.12. The lowest BCUT2D eigenvalue weighted by molar-refractivity contribution is 0.291. The maximum Gasteiger partial charge on any atom is 0.119 e. The van der Waals surface area contributed by atoms with E-state index in [4.69, 9.17) is 16.3 Å². The molecule has 0 saturated carbocycles. The highest BCUT2D eigenvalue weighted by molar-refractivity contribution is 6.30. The van der Waals surface area contributed by atoms with Crippen LogP contribution in [0, 0.1) is 0 Å². The van der Waals surface area contributed by atoms with Crippen LogP contribution in [0.25, 0.3) is 0 Å². The van der Waals surface area contributed by atoms with Crippen LogP contribution in [-0.2, 0) is 13.1 Å². The maximum atomic E-state index is 5.81. The number of halogens is 1. The van der Waals surface area contributed by atoms with E-state index < -0.39 is 0 Å². The normalized spacial score (nSPS) is 10.7. The fraction of sp³-hybridized carbons (Fsp3) is 0.400. The number of nitrogens with zero attached hydrogens (tertiary/aromatic N) is 2. The van der Waals surface area contributed by atoms with Gasteiger partial charge in [0.1, 0.15) is 12.4 Å². The topological polar surface area (TPSA) is 39.1 Å². The molecule has 0 aliphatic carbocycles. The second-order valence-corrected chi connectivity index (χ2v) is 5.03. The summed E-state index contributed by atoms with van der Waals surface area (Å²) in [7, 11) is 0. The zero-order chi connectivity index (χ0) is 14.2. The van der Waals surface area contributed by atoms with Crippen molar-refractivity contribution in [3.05, 3.63) is 47.2 Å². The van der Waals surface area contributed by atoms with Crippen LogP contribution in [0.15, 0.2) is 36.7 Å². The summed E-state index contributed by atoms with van der Waals surface area (Å²) in [5, 5.41) is 8.14. The van der Waals surface area contributed by atoms with Crippen LogP contribution in [0.5, 0.6) is 5.75 Å². The number of ether oxygens (including phenoxy) is 1. The molecule has 0 aliphatic rings. The van der Waals surface area contributed by atoms with Crippen LogP contribution in [0.1, 0.15) is 18.9 Å². The second-order valence-electron chi connectivity index (χ2n) is 4.59. The number of rotatable bonds is 8. The average Bonchev–Trinajstić information content (AvgIpc) is 2.85. The molecule has 2 rings (SSSR count). The molecule has 0 radical (unpaired) electrons. The predicted molar refractivity (Wildman–Crippen MR) is 81.2 cm³/mol. The lowest BCUT2D eigenvalue weighted by atomic mass is 10.2. The van der Waals surface area contributed by atoms with Gasteiger partial charge in [-0.15, -0.1) is 0 Å². The Hall–Kier alpha value is -1.52. The van der Waals surface area contributed by atoms with Gasteiger partial charge in [-0.1, -0.05) is 30.7 Å². The maximum absolute atomic E-state index is 5.81. The smallest absolute Gasteiger partial charge is 0.119 e. The molecular formula is C15H20ClN3O. The van der Waals surface area contributed by atoms with Crippen molar-refractivity contribution in [3.8, 4) is 5.75 Å². The van der Waals surface area contributed by atoms with Gasteiger partial charge in [0.15, 0.2) is 0 Å². The molecule has 20 heavy (non-hydrogen) atoms. The van der Waals surface area contributed by atoms with Gasteiger partial charge in [-0.2, -0.15) is 5.10 Å². The summed E-state index contributed by atoms with van der Waals surface area (Å²) in [5.74, 6) is 0.888. The minimum absolute atomic E-state index is 0.573. The molecule has 0 spiro atoms. The van der Waals surface area contributed by atoms with Crippen LogP contribution in [-0.4, -0.2) is 22.9 Å². The molecule has 0 unspecified atom stereocenters. The molecule has 2 aromatic rings. The van der Waals surface area contributed by atoms with Gasteiger partial charge in [0.25, 0.3) is 0 Å². The average molecular weight is 294 g/mol. The van der Waals surface area contributed by atoms with Crippen molar-refractivity contribution in [2.45, 2.75) is 26.4 Å². The van der Waals surface area contributed by atoms with Crippen LogP contribution < -0.4 is 10.1 Å². The number of aromatic nitrogens is 2. The van der Waals surface area contributed by atoms with Crippen molar-refractivity contribution >= 4 is 11.6 Å². The third-order valence-electron chi connectivity index (χ3n) is 2.85. The van der Waals surface area contributed by atoms with E-state index in [1.165, 1.54) is 5.56 Å². The van der Waals surface area contributed by atoms with E-state index in [1.807, 2.05) is 12.1 Å². The molecular weight excluding hydrogens is 274 g/mol. The van der Waals surface area contributed by atoms with Crippen molar-refractivity contribution < 1.29 is 4.74 Å². The summed E-state index contributed by atoms with van der Waals surface area (Å²) < 4.78 is 7.51. The first kappa shape index (κ1) is 14.9. The summed E-state index contributed by atoms with van der Waals surface area (Å²) in [6.07, 6.45) is 4.56. The molecule has 5 heteroatoms. The molecule has 0 amide bonds. The SMILES string of the molecule is CCCNCc1cccc(OCCn2cc(Cl)cn2)c1. The lowest BCUT2D eigenvalue weighted by Gasteiger charge is -2.09. The summed E-state index contributed by atoms with van der Waals surface area (Å²) in [6, 6.07) is 8.16. The van der Waals surface area contributed by atoms with Gasteiger partial charge in [0.2, 0.25) is 0 Å². The first-order valence-corrected chi connectivity index (χ1v) is 7.26. The summed E-state index contributed by atoms with van der Waals surface area (Å²) in [5.41, 5.74) is 1.23. The van der Waals surface area contributed by atoms with E-state index in [9.17, 15) is 0 Å². The highest BCUT2D eigenvalue weighted by Gasteiger charge is 1.99. The Labute approximate surface area is 124 Å². The van der Waals surface area contributed by atoms with E-state index in [2.05, 4.69) is 29.5 Å². The third kappa shape index (κ3) is 4.87. The number of hydrogen-bond donors (Lipinski definition) is 1. The fourth-order valence-corrected chi connectivity index (χ4v) is 2.03. The van der Waals surface area contributed by atoms with E-state index in [0.717, 1.165) is 25.3 Å². The van der Waals surface area contributed by atoms with Gasteiger partial charge >= 0.3 is 0 Å². The molecule has 1 aromatic heterocycles. The molecule has 4 nitrogen and oxygen atoms in total. The molecule has 0 atom stereocenters. The van der Waals surface area contributed by atoms with Crippen LogP contribution in [0.4, 0.5) is 0 Å². The van der Waals surface area contributed by atoms with Crippen LogP contribution >= 0.6 is 11.6 Å². The van der Waals surface area contributed by atoms with Gasteiger partial charge in [-0.3, -0.25) is 4.68 Å². The molecule has 1 aromatic carbocycles. The molecule has 0 saturated heterocycles. The van der Waals surface area contributed by atoms with E-state index in [1.54, 1.807) is 17.1 Å².